The number of rotatable bonds is 11. The molecule has 0 atom stereocenters. The Morgan fingerprint density at radius 3 is 1.45 bits per heavy atom. The summed E-state index contributed by atoms with van der Waals surface area (Å²) in [6, 6.07) is 31.8. The minimum absolute atomic E-state index is 0.155. The third-order valence-corrected chi connectivity index (χ3v) is 8.31. The Labute approximate surface area is 259 Å². The first-order chi connectivity index (χ1) is 20.9. The van der Waals surface area contributed by atoms with Crippen molar-refractivity contribution in [1.82, 2.24) is 0 Å². The van der Waals surface area contributed by atoms with Crippen LogP contribution < -0.4 is 20.3 Å². The van der Waals surface area contributed by atoms with Crippen LogP contribution in [0.15, 0.2) is 84.9 Å². The van der Waals surface area contributed by atoms with Gasteiger partial charge in [-0.25, -0.2) is 13.6 Å². The molecular formula is C34H43F3N4O2S. The molecular weight excluding hydrogens is 585 g/mol. The van der Waals surface area contributed by atoms with Gasteiger partial charge in [0.05, 0.1) is 0 Å². The van der Waals surface area contributed by atoms with E-state index in [2.05, 4.69) is 140 Å². The Bertz CT molecular complexity index is 1530. The van der Waals surface area contributed by atoms with Gasteiger partial charge in [-0.1, -0.05) is 54.6 Å². The maximum atomic E-state index is 10.8. The predicted octanol–water partition coefficient (Wildman–Crippen LogP) is 7.94. The molecule has 0 bridgehead atoms. The lowest BCUT2D eigenvalue weighted by molar-refractivity contribution is -0.0436. The molecule has 4 rings (SSSR count). The first kappa shape index (κ1) is 34.7. The molecule has 6 nitrogen and oxygen atoms in total. The monoisotopic (exact) mass is 628 g/mol. The molecule has 0 aromatic heterocycles. The SMILES string of the molecule is CCNc1ccc(C(c2ccc(N(CC)CC)cc2)c2ccc(N(CC)CC)cc2)c2ccccc12.NS(=O)(=O)C(F)(F)F. The van der Waals surface area contributed by atoms with Crippen molar-refractivity contribution in [2.24, 2.45) is 5.14 Å². The number of nitrogens with zero attached hydrogens (tertiary/aromatic N) is 2. The second kappa shape index (κ2) is 15.3. The van der Waals surface area contributed by atoms with Crippen molar-refractivity contribution in [3.63, 3.8) is 0 Å². The number of halogens is 3. The Morgan fingerprint density at radius 1 is 0.682 bits per heavy atom. The van der Waals surface area contributed by atoms with Crippen molar-refractivity contribution in [2.75, 3.05) is 47.8 Å². The molecule has 44 heavy (non-hydrogen) atoms. The molecule has 0 saturated carbocycles. The van der Waals surface area contributed by atoms with Gasteiger partial charge in [-0.05, 0) is 87.0 Å². The van der Waals surface area contributed by atoms with Gasteiger partial charge in [-0.2, -0.15) is 13.2 Å². The minimum atomic E-state index is -5.34. The van der Waals surface area contributed by atoms with E-state index in [0.717, 1.165) is 32.7 Å². The summed E-state index contributed by atoms with van der Waals surface area (Å²) in [6.07, 6.45) is 0. The standard InChI is InChI=1S/C33H41N3.CH2F3NO2S/c1-6-34-32-24-23-31(29-13-11-12-14-30(29)32)33(25-15-19-27(20-16-25)35(7-2)8-3)26-17-21-28(22-18-26)36(9-4)10-5;2-1(3,4)8(5,6)7/h11-24,33-34H,6-10H2,1-5H3;(H2,5,6,7). The summed E-state index contributed by atoms with van der Waals surface area (Å²) in [5.41, 5.74) is 2.44. The molecule has 238 valence electrons. The lowest BCUT2D eigenvalue weighted by Gasteiger charge is -2.26. The third-order valence-electron chi connectivity index (χ3n) is 7.67. The van der Waals surface area contributed by atoms with Crippen LogP contribution in [0.3, 0.4) is 0 Å². The van der Waals surface area contributed by atoms with Crippen molar-refractivity contribution in [3.8, 4) is 0 Å². The number of nitrogens with one attached hydrogen (secondary N) is 1. The maximum Gasteiger partial charge on any atom is 0.511 e. The molecule has 4 aromatic carbocycles. The summed E-state index contributed by atoms with van der Waals surface area (Å²) < 4.78 is 51.2. The summed E-state index contributed by atoms with van der Waals surface area (Å²) in [6.45, 7) is 16.0. The average molecular weight is 629 g/mol. The fourth-order valence-corrected chi connectivity index (χ4v) is 5.40. The van der Waals surface area contributed by atoms with Crippen LogP contribution in [0.5, 0.6) is 0 Å². The number of anilines is 3. The molecule has 0 saturated heterocycles. The second-order valence-electron chi connectivity index (χ2n) is 10.2. The van der Waals surface area contributed by atoms with E-state index in [1.165, 1.54) is 44.5 Å². The summed E-state index contributed by atoms with van der Waals surface area (Å²) in [4.78, 5) is 4.80. The number of hydrogen-bond donors (Lipinski definition) is 2. The number of nitrogens with two attached hydrogens (primary N) is 1. The lowest BCUT2D eigenvalue weighted by Crippen LogP contribution is -2.30. The van der Waals surface area contributed by atoms with E-state index in [0.29, 0.717) is 0 Å². The van der Waals surface area contributed by atoms with Gasteiger partial charge < -0.3 is 15.1 Å². The largest absolute Gasteiger partial charge is 0.511 e. The van der Waals surface area contributed by atoms with Crippen molar-refractivity contribution in [3.05, 3.63) is 102 Å². The van der Waals surface area contributed by atoms with Gasteiger partial charge in [-0.3, -0.25) is 0 Å². The fourth-order valence-electron chi connectivity index (χ4n) is 5.40. The maximum absolute atomic E-state index is 10.8. The van der Waals surface area contributed by atoms with Gasteiger partial charge in [0.25, 0.3) is 0 Å². The van der Waals surface area contributed by atoms with Gasteiger partial charge in [-0.15, -0.1) is 0 Å². The van der Waals surface area contributed by atoms with Crippen molar-refractivity contribution < 1.29 is 21.6 Å². The van der Waals surface area contributed by atoms with E-state index in [4.69, 9.17) is 0 Å². The molecule has 0 spiro atoms. The Kier molecular flexibility index (Phi) is 12.1. The third kappa shape index (κ3) is 8.24. The van der Waals surface area contributed by atoms with Crippen molar-refractivity contribution in [2.45, 2.75) is 46.0 Å². The number of sulfonamides is 1. The van der Waals surface area contributed by atoms with Crippen molar-refractivity contribution >= 4 is 37.9 Å². The highest BCUT2D eigenvalue weighted by Crippen LogP contribution is 2.39. The van der Waals surface area contributed by atoms with Gasteiger partial charge >= 0.3 is 15.5 Å². The van der Waals surface area contributed by atoms with Crippen molar-refractivity contribution in [1.29, 1.82) is 0 Å². The summed E-state index contributed by atoms with van der Waals surface area (Å²) in [7, 11) is -5.34. The number of hydrogen-bond acceptors (Lipinski definition) is 5. The summed E-state index contributed by atoms with van der Waals surface area (Å²) in [5, 5.41) is 9.80. The molecule has 4 aromatic rings. The molecule has 0 fully saturated rings. The van der Waals surface area contributed by atoms with E-state index in [9.17, 15) is 21.6 Å². The predicted molar refractivity (Wildman–Crippen MR) is 178 cm³/mol. The highest BCUT2D eigenvalue weighted by molar-refractivity contribution is 7.90. The van der Waals surface area contributed by atoms with Gasteiger partial charge in [0.1, 0.15) is 0 Å². The Morgan fingerprint density at radius 2 is 1.09 bits per heavy atom. The molecule has 0 aliphatic rings. The minimum Gasteiger partial charge on any atom is -0.385 e. The van der Waals surface area contributed by atoms with Gasteiger partial charge in [0.15, 0.2) is 0 Å². The topological polar surface area (TPSA) is 78.7 Å². The van der Waals surface area contributed by atoms with Gasteiger partial charge in [0.2, 0.25) is 0 Å². The van der Waals surface area contributed by atoms with Crippen LogP contribution in [0, 0.1) is 0 Å². The number of primary sulfonamides is 1. The first-order valence-electron chi connectivity index (χ1n) is 14.9. The van der Waals surface area contributed by atoms with E-state index in [-0.39, 0.29) is 5.92 Å². The van der Waals surface area contributed by atoms with E-state index >= 15 is 0 Å². The number of fused-ring (bicyclic) bond motifs is 1. The van der Waals surface area contributed by atoms with Crippen LogP contribution in [-0.4, -0.2) is 46.6 Å². The lowest BCUT2D eigenvalue weighted by atomic mass is 9.82. The number of benzene rings is 4. The highest BCUT2D eigenvalue weighted by Gasteiger charge is 2.42. The van der Waals surface area contributed by atoms with E-state index in [1.807, 2.05) is 0 Å². The zero-order valence-corrected chi connectivity index (χ0v) is 26.8. The molecule has 0 aliphatic heterocycles. The Hall–Kier alpha value is -3.76. The fraction of sp³-hybridized carbons (Fsp3) is 0.353. The zero-order valence-electron chi connectivity index (χ0n) is 26.0. The van der Waals surface area contributed by atoms with Crippen LogP contribution in [0.2, 0.25) is 0 Å². The van der Waals surface area contributed by atoms with E-state index in [1.54, 1.807) is 0 Å². The van der Waals surface area contributed by atoms with Crippen LogP contribution in [-0.2, 0) is 10.0 Å². The normalized spacial score (nSPS) is 11.7. The average Bonchev–Trinajstić information content (AvgIpc) is 3.00. The quantitative estimate of drug-likeness (QED) is 0.165. The molecule has 0 radical (unpaired) electrons. The zero-order chi connectivity index (χ0) is 32.5. The Balaban J connectivity index is 0.000000583. The van der Waals surface area contributed by atoms with Crippen LogP contribution in [0.4, 0.5) is 30.2 Å². The van der Waals surface area contributed by atoms with Crippen LogP contribution in [0.1, 0.15) is 57.2 Å². The summed E-state index contributed by atoms with van der Waals surface area (Å²) in [5.74, 6) is 0.155. The molecule has 0 unspecified atom stereocenters. The second-order valence-corrected chi connectivity index (χ2v) is 11.8. The summed E-state index contributed by atoms with van der Waals surface area (Å²) >= 11 is 0. The first-order valence-corrected chi connectivity index (χ1v) is 16.5. The van der Waals surface area contributed by atoms with Crippen LogP contribution in [0.25, 0.3) is 10.8 Å². The molecule has 0 heterocycles. The van der Waals surface area contributed by atoms with Crippen LogP contribution >= 0.6 is 0 Å². The highest BCUT2D eigenvalue weighted by atomic mass is 32.2. The molecule has 0 aliphatic carbocycles. The molecule has 10 heteroatoms. The van der Waals surface area contributed by atoms with Gasteiger partial charge in [0, 0.05) is 61.1 Å². The number of alkyl halides is 3. The smallest absolute Gasteiger partial charge is 0.385 e. The molecule has 0 amide bonds. The molecule has 3 N–H and O–H groups in total. The van der Waals surface area contributed by atoms with E-state index < -0.39 is 15.5 Å².